The van der Waals surface area contributed by atoms with E-state index in [1.54, 1.807) is 6.33 Å². The zero-order valence-electron chi connectivity index (χ0n) is 12.7. The van der Waals surface area contributed by atoms with E-state index < -0.39 is 0 Å². The van der Waals surface area contributed by atoms with Crippen LogP contribution in [0, 0.1) is 0 Å². The van der Waals surface area contributed by atoms with E-state index in [0.717, 1.165) is 10.7 Å². The van der Waals surface area contributed by atoms with E-state index in [1.807, 2.05) is 23.7 Å². The van der Waals surface area contributed by atoms with Gasteiger partial charge in [0, 0.05) is 12.6 Å². The van der Waals surface area contributed by atoms with Gasteiger partial charge in [-0.3, -0.25) is 0 Å². The topological polar surface area (TPSA) is 69.6 Å². The van der Waals surface area contributed by atoms with Crippen molar-refractivity contribution >= 4 is 11.8 Å². The summed E-state index contributed by atoms with van der Waals surface area (Å²) in [5.74, 6) is 2.28. The van der Waals surface area contributed by atoms with Gasteiger partial charge in [-0.1, -0.05) is 55.0 Å². The molecule has 0 amide bonds. The molecule has 2 heterocycles. The maximum absolute atomic E-state index is 5.30. The Hall–Kier alpha value is -2.15. The van der Waals surface area contributed by atoms with E-state index in [0.29, 0.717) is 23.4 Å². The van der Waals surface area contributed by atoms with Crippen molar-refractivity contribution in [2.24, 2.45) is 7.05 Å². The highest BCUT2D eigenvalue weighted by atomic mass is 32.2. The summed E-state index contributed by atoms with van der Waals surface area (Å²) in [7, 11) is 1.90. The predicted octanol–water partition coefficient (Wildman–Crippen LogP) is 3.28. The number of thioether (sulfide) groups is 1. The minimum atomic E-state index is 0.512. The van der Waals surface area contributed by atoms with E-state index >= 15 is 0 Å². The third kappa shape index (κ3) is 3.19. The molecule has 0 spiro atoms. The quantitative estimate of drug-likeness (QED) is 0.673. The molecule has 3 rings (SSSR count). The molecule has 114 valence electrons. The molecule has 0 N–H and O–H groups in total. The van der Waals surface area contributed by atoms with Crippen LogP contribution >= 0.6 is 11.8 Å². The molecule has 0 atom stereocenters. The second-order valence-electron chi connectivity index (χ2n) is 5.30. The smallest absolute Gasteiger partial charge is 0.237 e. The molecule has 6 nitrogen and oxygen atoms in total. The molecule has 0 aliphatic carbocycles. The maximum atomic E-state index is 5.30. The van der Waals surface area contributed by atoms with Crippen molar-refractivity contribution in [2.45, 2.75) is 30.7 Å². The molecular formula is C15H17N5OS. The Kier molecular flexibility index (Phi) is 4.24. The summed E-state index contributed by atoms with van der Waals surface area (Å²) < 4.78 is 7.15. The number of hydrogen-bond acceptors (Lipinski definition) is 6. The van der Waals surface area contributed by atoms with E-state index in [-0.39, 0.29) is 0 Å². The highest BCUT2D eigenvalue weighted by Crippen LogP contribution is 2.23. The standard InChI is InChI=1S/C15H17N5OS/c1-10(2)11-4-6-12(7-5-11)14-17-13(21-19-14)8-22-15-18-16-9-20(15)3/h4-7,9-10H,8H2,1-3H3. The average molecular weight is 315 g/mol. The lowest BCUT2D eigenvalue weighted by atomic mass is 10.0. The van der Waals surface area contributed by atoms with Gasteiger partial charge < -0.3 is 9.09 Å². The Bertz CT molecular complexity index is 747. The minimum absolute atomic E-state index is 0.512. The fraction of sp³-hybridized carbons (Fsp3) is 0.333. The Morgan fingerprint density at radius 2 is 2.00 bits per heavy atom. The van der Waals surface area contributed by atoms with Crippen LogP contribution < -0.4 is 0 Å². The SMILES string of the molecule is CC(C)c1ccc(-c2noc(CSc3nncn3C)n2)cc1. The van der Waals surface area contributed by atoms with Crippen molar-refractivity contribution in [3.05, 3.63) is 42.0 Å². The second-order valence-corrected chi connectivity index (χ2v) is 6.24. The molecule has 0 fully saturated rings. The van der Waals surface area contributed by atoms with Gasteiger partial charge in [0.05, 0.1) is 5.75 Å². The Balaban J connectivity index is 1.69. The van der Waals surface area contributed by atoms with Gasteiger partial charge in [-0.05, 0) is 11.5 Å². The van der Waals surface area contributed by atoms with Crippen LogP contribution in [0.2, 0.25) is 0 Å². The zero-order valence-corrected chi connectivity index (χ0v) is 13.5. The number of benzene rings is 1. The summed E-state index contributed by atoms with van der Waals surface area (Å²) >= 11 is 1.51. The largest absolute Gasteiger partial charge is 0.338 e. The average Bonchev–Trinajstić information content (AvgIpc) is 3.14. The van der Waals surface area contributed by atoms with Gasteiger partial charge in [0.1, 0.15) is 6.33 Å². The molecule has 0 bridgehead atoms. The molecule has 0 aliphatic heterocycles. The van der Waals surface area contributed by atoms with Crippen molar-refractivity contribution in [3.63, 3.8) is 0 Å². The van der Waals surface area contributed by atoms with Crippen molar-refractivity contribution in [1.82, 2.24) is 24.9 Å². The van der Waals surface area contributed by atoms with Gasteiger partial charge in [0.25, 0.3) is 0 Å². The number of hydrogen-bond donors (Lipinski definition) is 0. The Morgan fingerprint density at radius 3 is 2.64 bits per heavy atom. The van der Waals surface area contributed by atoms with E-state index in [4.69, 9.17) is 4.52 Å². The summed E-state index contributed by atoms with van der Waals surface area (Å²) in [6.07, 6.45) is 1.66. The number of rotatable bonds is 5. The Labute approximate surface area is 133 Å². The molecule has 3 aromatic rings. The molecule has 0 unspecified atom stereocenters. The molecule has 7 heteroatoms. The van der Waals surface area contributed by atoms with E-state index in [1.165, 1.54) is 17.3 Å². The fourth-order valence-corrected chi connectivity index (χ4v) is 2.70. The Morgan fingerprint density at radius 1 is 1.23 bits per heavy atom. The molecular weight excluding hydrogens is 298 g/mol. The lowest BCUT2D eigenvalue weighted by Crippen LogP contribution is -1.90. The molecule has 2 aromatic heterocycles. The summed E-state index contributed by atoms with van der Waals surface area (Å²) in [6.45, 7) is 4.34. The third-order valence-corrected chi connectivity index (χ3v) is 4.32. The van der Waals surface area contributed by atoms with Crippen LogP contribution in [-0.2, 0) is 12.8 Å². The molecule has 22 heavy (non-hydrogen) atoms. The first-order chi connectivity index (χ1) is 10.6. The zero-order chi connectivity index (χ0) is 15.5. The summed E-state index contributed by atoms with van der Waals surface area (Å²) in [5.41, 5.74) is 2.26. The lowest BCUT2D eigenvalue weighted by molar-refractivity contribution is 0.391. The van der Waals surface area contributed by atoms with Crippen molar-refractivity contribution in [3.8, 4) is 11.4 Å². The second kappa shape index (κ2) is 6.31. The van der Waals surface area contributed by atoms with Gasteiger partial charge in [-0.15, -0.1) is 10.2 Å². The van der Waals surface area contributed by atoms with Crippen LogP contribution in [0.4, 0.5) is 0 Å². The summed E-state index contributed by atoms with van der Waals surface area (Å²) in [6, 6.07) is 8.26. The van der Waals surface area contributed by atoms with Gasteiger partial charge in [0.15, 0.2) is 5.16 Å². The highest BCUT2D eigenvalue weighted by molar-refractivity contribution is 7.98. The van der Waals surface area contributed by atoms with Crippen LogP contribution in [0.3, 0.4) is 0 Å². The molecule has 0 saturated heterocycles. The van der Waals surface area contributed by atoms with Gasteiger partial charge in [-0.25, -0.2) is 0 Å². The maximum Gasteiger partial charge on any atom is 0.237 e. The van der Waals surface area contributed by atoms with Crippen LogP contribution in [0.1, 0.15) is 31.2 Å². The minimum Gasteiger partial charge on any atom is -0.338 e. The first-order valence-electron chi connectivity index (χ1n) is 7.03. The molecule has 0 aliphatic rings. The van der Waals surface area contributed by atoms with Gasteiger partial charge in [0.2, 0.25) is 11.7 Å². The van der Waals surface area contributed by atoms with Crippen LogP contribution in [-0.4, -0.2) is 24.9 Å². The highest BCUT2D eigenvalue weighted by Gasteiger charge is 2.11. The molecule has 0 saturated carbocycles. The van der Waals surface area contributed by atoms with Crippen LogP contribution in [0.15, 0.2) is 40.3 Å². The summed E-state index contributed by atoms with van der Waals surface area (Å²) in [4.78, 5) is 4.43. The number of nitrogens with zero attached hydrogens (tertiary/aromatic N) is 5. The third-order valence-electron chi connectivity index (χ3n) is 3.30. The monoisotopic (exact) mass is 315 g/mol. The van der Waals surface area contributed by atoms with Crippen LogP contribution in [0.5, 0.6) is 0 Å². The number of aryl methyl sites for hydroxylation is 1. The normalized spacial score (nSPS) is 11.3. The first kappa shape index (κ1) is 14.8. The van der Waals surface area contributed by atoms with Crippen molar-refractivity contribution < 1.29 is 4.52 Å². The fourth-order valence-electron chi connectivity index (χ4n) is 1.98. The summed E-state index contributed by atoms with van der Waals surface area (Å²) in [5, 5.41) is 12.7. The molecule has 0 radical (unpaired) electrons. The predicted molar refractivity (Wildman–Crippen MR) is 84.4 cm³/mol. The first-order valence-corrected chi connectivity index (χ1v) is 8.02. The molecule has 1 aromatic carbocycles. The van der Waals surface area contributed by atoms with E-state index in [2.05, 4.69) is 46.3 Å². The number of aromatic nitrogens is 5. The lowest BCUT2D eigenvalue weighted by Gasteiger charge is -2.04. The van der Waals surface area contributed by atoms with Crippen molar-refractivity contribution in [1.29, 1.82) is 0 Å². The van der Waals surface area contributed by atoms with Crippen LogP contribution in [0.25, 0.3) is 11.4 Å². The van der Waals surface area contributed by atoms with Crippen molar-refractivity contribution in [2.75, 3.05) is 0 Å². The van der Waals surface area contributed by atoms with E-state index in [9.17, 15) is 0 Å². The van der Waals surface area contributed by atoms with Gasteiger partial charge >= 0.3 is 0 Å². The van der Waals surface area contributed by atoms with Gasteiger partial charge in [-0.2, -0.15) is 4.98 Å².